The van der Waals surface area contributed by atoms with Gasteiger partial charge in [-0.25, -0.2) is 13.1 Å². The summed E-state index contributed by atoms with van der Waals surface area (Å²) in [7, 11) is -3.67. The van der Waals surface area contributed by atoms with E-state index in [2.05, 4.69) is 15.1 Å². The van der Waals surface area contributed by atoms with E-state index in [1.807, 2.05) is 30.3 Å². The zero-order valence-electron chi connectivity index (χ0n) is 17.3. The first-order valence-electron chi connectivity index (χ1n) is 10.4. The average Bonchev–Trinajstić information content (AvgIpc) is 3.12. The Kier molecular flexibility index (Phi) is 6.35. The van der Waals surface area contributed by atoms with E-state index in [0.29, 0.717) is 26.1 Å². The first kappa shape index (κ1) is 21.5. The summed E-state index contributed by atoms with van der Waals surface area (Å²) in [6.07, 6.45) is 3.08. The number of benzene rings is 2. The van der Waals surface area contributed by atoms with Crippen LogP contribution in [0.5, 0.6) is 0 Å². The molecule has 1 atom stereocenters. The van der Waals surface area contributed by atoms with Crippen LogP contribution in [-0.4, -0.2) is 45.1 Å². The van der Waals surface area contributed by atoms with Crippen molar-refractivity contribution in [1.82, 2.24) is 14.9 Å². The molecule has 2 aliphatic rings. The van der Waals surface area contributed by atoms with E-state index in [1.54, 1.807) is 23.2 Å². The SMILES string of the molecule is NN=Cc1cccc(CN2CC[C@@H](CNS(=O)(=O)c3ccc4c(c3)CNCC4)C2=O)c1. The third-order valence-corrected chi connectivity index (χ3v) is 7.27. The quantitative estimate of drug-likeness (QED) is 0.336. The van der Waals surface area contributed by atoms with Crippen LogP contribution >= 0.6 is 0 Å². The minimum atomic E-state index is -3.67. The molecule has 0 spiro atoms. The van der Waals surface area contributed by atoms with Crippen molar-refractivity contribution in [3.05, 3.63) is 64.7 Å². The highest BCUT2D eigenvalue weighted by Crippen LogP contribution is 2.22. The molecule has 1 amide bonds. The number of hydrazone groups is 1. The van der Waals surface area contributed by atoms with Gasteiger partial charge in [-0.2, -0.15) is 5.10 Å². The summed E-state index contributed by atoms with van der Waals surface area (Å²) in [4.78, 5) is 14.8. The van der Waals surface area contributed by atoms with Crippen molar-refractivity contribution < 1.29 is 13.2 Å². The van der Waals surface area contributed by atoms with Crippen LogP contribution in [0.2, 0.25) is 0 Å². The van der Waals surface area contributed by atoms with E-state index in [4.69, 9.17) is 5.84 Å². The molecule has 8 nitrogen and oxygen atoms in total. The molecule has 9 heteroatoms. The molecule has 0 aliphatic carbocycles. The fraction of sp³-hybridized carbons (Fsp3) is 0.364. The molecule has 4 N–H and O–H groups in total. The minimum Gasteiger partial charge on any atom is -0.338 e. The van der Waals surface area contributed by atoms with Crippen molar-refractivity contribution in [3.8, 4) is 0 Å². The van der Waals surface area contributed by atoms with Crippen molar-refractivity contribution in [1.29, 1.82) is 0 Å². The Bertz CT molecular complexity index is 1100. The summed E-state index contributed by atoms with van der Waals surface area (Å²) in [5, 5.41) is 6.79. The van der Waals surface area contributed by atoms with Crippen molar-refractivity contribution in [2.24, 2.45) is 16.9 Å². The van der Waals surface area contributed by atoms with E-state index in [9.17, 15) is 13.2 Å². The van der Waals surface area contributed by atoms with Crippen LogP contribution in [0.25, 0.3) is 0 Å². The lowest BCUT2D eigenvalue weighted by atomic mass is 10.0. The minimum absolute atomic E-state index is 0.0322. The molecule has 1 saturated heterocycles. The molecular formula is C22H27N5O3S. The van der Waals surface area contributed by atoms with Crippen LogP contribution in [0, 0.1) is 5.92 Å². The Hall–Kier alpha value is -2.75. The van der Waals surface area contributed by atoms with Gasteiger partial charge in [0.1, 0.15) is 0 Å². The highest BCUT2D eigenvalue weighted by Gasteiger charge is 2.32. The van der Waals surface area contributed by atoms with Gasteiger partial charge in [-0.15, -0.1) is 0 Å². The maximum Gasteiger partial charge on any atom is 0.240 e. The van der Waals surface area contributed by atoms with Gasteiger partial charge < -0.3 is 16.1 Å². The second-order valence-electron chi connectivity index (χ2n) is 7.98. The molecule has 0 radical (unpaired) electrons. The Morgan fingerprint density at radius 1 is 1.23 bits per heavy atom. The number of sulfonamides is 1. The maximum atomic E-state index is 12.8. The molecule has 2 aromatic carbocycles. The largest absolute Gasteiger partial charge is 0.338 e. The Labute approximate surface area is 182 Å². The number of hydrogen-bond donors (Lipinski definition) is 3. The Morgan fingerprint density at radius 2 is 2.10 bits per heavy atom. The van der Waals surface area contributed by atoms with Crippen molar-refractivity contribution in [2.45, 2.75) is 30.8 Å². The summed E-state index contributed by atoms with van der Waals surface area (Å²) >= 11 is 0. The van der Waals surface area contributed by atoms with E-state index >= 15 is 0 Å². The lowest BCUT2D eigenvalue weighted by Gasteiger charge is -2.19. The number of nitrogens with one attached hydrogen (secondary N) is 2. The summed E-state index contributed by atoms with van der Waals surface area (Å²) in [6.45, 7) is 2.76. The van der Waals surface area contributed by atoms with E-state index in [1.165, 1.54) is 5.56 Å². The molecule has 2 aliphatic heterocycles. The molecule has 0 bridgehead atoms. The topological polar surface area (TPSA) is 117 Å². The zero-order valence-corrected chi connectivity index (χ0v) is 18.1. The number of carbonyl (C=O) groups excluding carboxylic acids is 1. The predicted molar refractivity (Wildman–Crippen MR) is 119 cm³/mol. The standard InChI is InChI=1S/C22H27N5O3S/c23-25-12-16-2-1-3-17(10-16)15-27-9-7-19(22(27)28)14-26-31(29,30)21-5-4-18-6-8-24-13-20(18)11-21/h1-5,10-12,19,24,26H,6-9,13-15,23H2/t19-/m0/s1. The second-order valence-corrected chi connectivity index (χ2v) is 9.74. The molecule has 4 rings (SSSR count). The summed E-state index contributed by atoms with van der Waals surface area (Å²) in [5.74, 6) is 4.81. The van der Waals surface area contributed by atoms with E-state index < -0.39 is 10.0 Å². The van der Waals surface area contributed by atoms with Gasteiger partial charge in [-0.1, -0.05) is 24.3 Å². The molecule has 164 valence electrons. The fourth-order valence-corrected chi connectivity index (χ4v) is 5.28. The Morgan fingerprint density at radius 3 is 2.94 bits per heavy atom. The van der Waals surface area contributed by atoms with Crippen LogP contribution in [0.3, 0.4) is 0 Å². The first-order chi connectivity index (χ1) is 15.0. The lowest BCUT2D eigenvalue weighted by molar-refractivity contribution is -0.131. The number of fused-ring (bicyclic) bond motifs is 1. The fourth-order valence-electron chi connectivity index (χ4n) is 4.15. The Balaban J connectivity index is 1.37. The third kappa shape index (κ3) is 4.95. The smallest absolute Gasteiger partial charge is 0.240 e. The average molecular weight is 442 g/mol. The summed E-state index contributed by atoms with van der Waals surface area (Å²) in [5.41, 5.74) is 4.05. The van der Waals surface area contributed by atoms with Gasteiger partial charge in [0.15, 0.2) is 0 Å². The van der Waals surface area contributed by atoms with Gasteiger partial charge in [0.25, 0.3) is 0 Å². The monoisotopic (exact) mass is 441 g/mol. The van der Waals surface area contributed by atoms with Crippen LogP contribution in [-0.2, 0) is 34.3 Å². The van der Waals surface area contributed by atoms with Crippen molar-refractivity contribution in [2.75, 3.05) is 19.6 Å². The van der Waals surface area contributed by atoms with Gasteiger partial charge in [0.05, 0.1) is 17.0 Å². The number of nitrogens with zero attached hydrogens (tertiary/aromatic N) is 2. The molecule has 0 saturated carbocycles. The number of carbonyl (C=O) groups is 1. The summed E-state index contributed by atoms with van der Waals surface area (Å²) < 4.78 is 28.2. The van der Waals surface area contributed by atoms with Crippen molar-refractivity contribution >= 4 is 22.1 Å². The highest BCUT2D eigenvalue weighted by molar-refractivity contribution is 7.89. The number of nitrogens with two attached hydrogens (primary N) is 1. The molecule has 2 heterocycles. The van der Waals surface area contributed by atoms with Crippen LogP contribution in [0.4, 0.5) is 0 Å². The van der Waals surface area contributed by atoms with Gasteiger partial charge in [0, 0.05) is 26.2 Å². The first-order valence-corrected chi connectivity index (χ1v) is 11.9. The third-order valence-electron chi connectivity index (χ3n) is 5.85. The molecular weight excluding hydrogens is 414 g/mol. The molecule has 2 aromatic rings. The molecule has 0 aromatic heterocycles. The predicted octanol–water partition coefficient (Wildman–Crippen LogP) is 0.952. The zero-order chi connectivity index (χ0) is 21.8. The maximum absolute atomic E-state index is 12.8. The molecule has 31 heavy (non-hydrogen) atoms. The van der Waals surface area contributed by atoms with Crippen LogP contribution < -0.4 is 15.9 Å². The number of likely N-dealkylation sites (tertiary alicyclic amines) is 1. The van der Waals surface area contributed by atoms with E-state index in [-0.39, 0.29) is 23.3 Å². The second kappa shape index (κ2) is 9.17. The molecule has 1 fully saturated rings. The van der Waals surface area contributed by atoms with E-state index in [0.717, 1.165) is 29.7 Å². The normalized spacial score (nSPS) is 19.2. The van der Waals surface area contributed by atoms with Crippen LogP contribution in [0.15, 0.2) is 52.5 Å². The van der Waals surface area contributed by atoms with Gasteiger partial charge >= 0.3 is 0 Å². The molecule has 0 unspecified atom stereocenters. The van der Waals surface area contributed by atoms with Crippen molar-refractivity contribution in [3.63, 3.8) is 0 Å². The van der Waals surface area contributed by atoms with Crippen LogP contribution in [0.1, 0.15) is 28.7 Å². The van der Waals surface area contributed by atoms with Gasteiger partial charge in [0.2, 0.25) is 15.9 Å². The lowest BCUT2D eigenvalue weighted by Crippen LogP contribution is -2.34. The summed E-state index contributed by atoms with van der Waals surface area (Å²) in [6, 6.07) is 12.9. The highest BCUT2D eigenvalue weighted by atomic mass is 32.2. The van der Waals surface area contributed by atoms with Gasteiger partial charge in [-0.3, -0.25) is 4.79 Å². The number of rotatable bonds is 7. The number of hydrogen-bond acceptors (Lipinski definition) is 6. The number of amides is 1. The van der Waals surface area contributed by atoms with Gasteiger partial charge in [-0.05, 0) is 59.8 Å².